The predicted octanol–water partition coefficient (Wildman–Crippen LogP) is 3.38. The molecule has 0 aliphatic carbocycles. The van der Waals surface area contributed by atoms with Crippen molar-refractivity contribution in [2.75, 3.05) is 7.11 Å². The maximum absolute atomic E-state index is 12.1. The van der Waals surface area contributed by atoms with Crippen molar-refractivity contribution in [2.24, 2.45) is 0 Å². The van der Waals surface area contributed by atoms with E-state index in [9.17, 15) is 10.1 Å². The van der Waals surface area contributed by atoms with Crippen molar-refractivity contribution < 1.29 is 9.53 Å². The molecule has 1 atom stereocenters. The van der Waals surface area contributed by atoms with Gasteiger partial charge in [-0.15, -0.1) is 0 Å². The second-order valence-electron chi connectivity index (χ2n) is 4.79. The summed E-state index contributed by atoms with van der Waals surface area (Å²) in [5, 5.41) is 12.6. The Kier molecular flexibility index (Phi) is 4.49. The van der Waals surface area contributed by atoms with E-state index < -0.39 is 11.9 Å². The number of hydrogen-bond acceptors (Lipinski definition) is 4. The first-order chi connectivity index (χ1) is 9.99. The molecular formula is C16H15BrN2O2. The van der Waals surface area contributed by atoms with Gasteiger partial charge in [0.1, 0.15) is 0 Å². The lowest BCUT2D eigenvalue weighted by Gasteiger charge is -2.28. The number of hydrogen-bond donors (Lipinski definition) is 1. The summed E-state index contributed by atoms with van der Waals surface area (Å²) in [6, 6.07) is 9.81. The molecule has 0 saturated heterocycles. The van der Waals surface area contributed by atoms with E-state index in [2.05, 4.69) is 27.3 Å². The van der Waals surface area contributed by atoms with Crippen LogP contribution in [-0.2, 0) is 9.53 Å². The van der Waals surface area contributed by atoms with E-state index in [1.165, 1.54) is 7.11 Å². The van der Waals surface area contributed by atoms with Crippen molar-refractivity contribution in [2.45, 2.75) is 19.8 Å². The zero-order valence-electron chi connectivity index (χ0n) is 12.0. The third-order valence-corrected chi connectivity index (χ3v) is 4.02. The van der Waals surface area contributed by atoms with Gasteiger partial charge in [0.05, 0.1) is 30.2 Å². The van der Waals surface area contributed by atoms with Gasteiger partial charge in [-0.25, -0.2) is 4.79 Å². The third-order valence-electron chi connectivity index (χ3n) is 3.49. The van der Waals surface area contributed by atoms with Crippen molar-refractivity contribution in [3.05, 3.63) is 56.8 Å². The van der Waals surface area contributed by atoms with Gasteiger partial charge in [-0.3, -0.25) is 0 Å². The Balaban J connectivity index is 2.63. The summed E-state index contributed by atoms with van der Waals surface area (Å²) in [5.74, 6) is -0.829. The molecule has 2 rings (SSSR count). The number of benzene rings is 1. The Morgan fingerprint density at radius 3 is 2.43 bits per heavy atom. The number of carbonyl (C=O) groups excluding carboxylic acids is 1. The molecule has 1 aromatic rings. The fraction of sp³-hybridized carbons (Fsp3) is 0.250. The number of methoxy groups -OCH3 is 1. The smallest absolute Gasteiger partial charge is 0.336 e. The second-order valence-corrected chi connectivity index (χ2v) is 5.71. The number of rotatable bonds is 2. The molecule has 108 valence electrons. The van der Waals surface area contributed by atoms with E-state index in [1.54, 1.807) is 0 Å². The van der Waals surface area contributed by atoms with E-state index in [0.29, 0.717) is 16.8 Å². The standard InChI is InChI=1S/C16H15BrN2O2/c1-9-13(8-18)15(11-4-6-12(17)7-5-11)14(10(2)19-9)16(20)21-3/h4-7,15,19H,1-3H3/t15-/m0/s1. The van der Waals surface area contributed by atoms with Crippen LogP contribution in [0.4, 0.5) is 0 Å². The highest BCUT2D eigenvalue weighted by Crippen LogP contribution is 2.38. The number of nitrogens with one attached hydrogen (secondary N) is 1. The van der Waals surface area contributed by atoms with Gasteiger partial charge in [0.25, 0.3) is 0 Å². The molecule has 1 heterocycles. The Labute approximate surface area is 132 Å². The van der Waals surface area contributed by atoms with E-state index >= 15 is 0 Å². The van der Waals surface area contributed by atoms with Gasteiger partial charge in [0.15, 0.2) is 0 Å². The highest BCUT2D eigenvalue weighted by atomic mass is 79.9. The number of dihydropyridines is 1. The molecule has 0 unspecified atom stereocenters. The van der Waals surface area contributed by atoms with Crippen molar-refractivity contribution in [1.29, 1.82) is 5.26 Å². The van der Waals surface area contributed by atoms with Crippen molar-refractivity contribution in [1.82, 2.24) is 5.32 Å². The van der Waals surface area contributed by atoms with Gasteiger partial charge >= 0.3 is 5.97 Å². The van der Waals surface area contributed by atoms with Gasteiger partial charge in [0.2, 0.25) is 0 Å². The first kappa shape index (κ1) is 15.3. The monoisotopic (exact) mass is 346 g/mol. The summed E-state index contributed by atoms with van der Waals surface area (Å²) in [6.07, 6.45) is 0. The van der Waals surface area contributed by atoms with Gasteiger partial charge in [-0.1, -0.05) is 28.1 Å². The largest absolute Gasteiger partial charge is 0.466 e. The first-order valence-corrected chi connectivity index (χ1v) is 7.21. The van der Waals surface area contributed by atoms with Crippen LogP contribution < -0.4 is 5.32 Å². The molecule has 1 aliphatic heterocycles. The topological polar surface area (TPSA) is 62.1 Å². The maximum atomic E-state index is 12.1. The van der Waals surface area contributed by atoms with E-state index in [-0.39, 0.29) is 0 Å². The van der Waals surface area contributed by atoms with Crippen LogP contribution in [0.2, 0.25) is 0 Å². The zero-order valence-corrected chi connectivity index (χ0v) is 13.6. The third kappa shape index (κ3) is 2.86. The molecular weight excluding hydrogens is 332 g/mol. The van der Waals surface area contributed by atoms with Crippen LogP contribution in [0.1, 0.15) is 25.3 Å². The lowest BCUT2D eigenvalue weighted by atomic mass is 9.81. The molecule has 1 N–H and O–H groups in total. The fourth-order valence-corrected chi connectivity index (χ4v) is 2.78. The Bertz CT molecular complexity index is 681. The number of halogens is 1. The van der Waals surface area contributed by atoms with Gasteiger partial charge in [-0.05, 0) is 31.5 Å². The van der Waals surface area contributed by atoms with Crippen LogP contribution in [0.15, 0.2) is 51.3 Å². The van der Waals surface area contributed by atoms with Crippen LogP contribution in [0.25, 0.3) is 0 Å². The molecule has 0 saturated carbocycles. The van der Waals surface area contributed by atoms with Crippen LogP contribution in [0.5, 0.6) is 0 Å². The molecule has 0 fully saturated rings. The van der Waals surface area contributed by atoms with E-state index in [1.807, 2.05) is 38.1 Å². The van der Waals surface area contributed by atoms with E-state index in [0.717, 1.165) is 15.7 Å². The Morgan fingerprint density at radius 1 is 1.29 bits per heavy atom. The normalized spacial score (nSPS) is 18.1. The highest BCUT2D eigenvalue weighted by Gasteiger charge is 2.33. The summed E-state index contributed by atoms with van der Waals surface area (Å²) in [4.78, 5) is 12.1. The number of carbonyl (C=O) groups is 1. The molecule has 0 spiro atoms. The van der Waals surface area contributed by atoms with Crippen LogP contribution in [0.3, 0.4) is 0 Å². The molecule has 0 aromatic heterocycles. The lowest BCUT2D eigenvalue weighted by Crippen LogP contribution is -2.28. The average Bonchev–Trinajstić information content (AvgIpc) is 2.46. The number of allylic oxidation sites excluding steroid dienone is 3. The Hall–Kier alpha value is -2.06. The minimum absolute atomic E-state index is 0.406. The molecule has 0 bridgehead atoms. The second kappa shape index (κ2) is 6.15. The maximum Gasteiger partial charge on any atom is 0.336 e. The predicted molar refractivity (Wildman–Crippen MR) is 83.0 cm³/mol. The van der Waals surface area contributed by atoms with E-state index in [4.69, 9.17) is 4.74 Å². The van der Waals surface area contributed by atoms with Crippen LogP contribution in [-0.4, -0.2) is 13.1 Å². The minimum atomic E-state index is -0.423. The number of nitriles is 1. The molecule has 1 aliphatic rings. The van der Waals surface area contributed by atoms with Gasteiger partial charge in [-0.2, -0.15) is 5.26 Å². The van der Waals surface area contributed by atoms with Crippen molar-refractivity contribution in [3.8, 4) is 6.07 Å². The lowest BCUT2D eigenvalue weighted by molar-refractivity contribution is -0.136. The summed E-state index contributed by atoms with van der Waals surface area (Å²) in [7, 11) is 1.35. The number of nitrogens with zero attached hydrogens (tertiary/aromatic N) is 1. The molecule has 0 radical (unpaired) electrons. The summed E-state index contributed by atoms with van der Waals surface area (Å²) < 4.78 is 5.83. The number of ether oxygens (including phenoxy) is 1. The molecule has 1 aromatic carbocycles. The average molecular weight is 347 g/mol. The van der Waals surface area contributed by atoms with Gasteiger partial charge in [0, 0.05) is 15.9 Å². The summed E-state index contributed by atoms with van der Waals surface area (Å²) in [6.45, 7) is 3.65. The summed E-state index contributed by atoms with van der Waals surface area (Å²) >= 11 is 3.39. The molecule has 5 heteroatoms. The summed E-state index contributed by atoms with van der Waals surface area (Å²) in [5.41, 5.74) is 3.36. The van der Waals surface area contributed by atoms with Crippen molar-refractivity contribution >= 4 is 21.9 Å². The number of esters is 1. The SMILES string of the molecule is COC(=O)C1=C(C)NC(C)=C(C#N)[C@@H]1c1ccc(Br)cc1. The van der Waals surface area contributed by atoms with Crippen molar-refractivity contribution in [3.63, 3.8) is 0 Å². The quantitative estimate of drug-likeness (QED) is 0.833. The van der Waals surface area contributed by atoms with Crippen LogP contribution >= 0.6 is 15.9 Å². The minimum Gasteiger partial charge on any atom is -0.466 e. The highest BCUT2D eigenvalue weighted by molar-refractivity contribution is 9.10. The molecule has 21 heavy (non-hydrogen) atoms. The first-order valence-electron chi connectivity index (χ1n) is 6.42. The Morgan fingerprint density at radius 2 is 1.90 bits per heavy atom. The van der Waals surface area contributed by atoms with Crippen LogP contribution in [0, 0.1) is 11.3 Å². The zero-order chi connectivity index (χ0) is 15.6. The molecule has 4 nitrogen and oxygen atoms in total. The molecule has 0 amide bonds. The fourth-order valence-electron chi connectivity index (χ4n) is 2.51. The van der Waals surface area contributed by atoms with Gasteiger partial charge < -0.3 is 10.1 Å².